The van der Waals surface area contributed by atoms with Gasteiger partial charge in [-0.3, -0.25) is 4.79 Å². The molecule has 1 fully saturated rings. The highest BCUT2D eigenvalue weighted by Crippen LogP contribution is 2.27. The highest BCUT2D eigenvalue weighted by atomic mass is 35.5. The first kappa shape index (κ1) is 20.0. The smallest absolute Gasteiger partial charge is 0.277 e. The van der Waals surface area contributed by atoms with Crippen LogP contribution in [0.1, 0.15) is 33.1 Å². The van der Waals surface area contributed by atoms with Gasteiger partial charge in [-0.15, -0.1) is 10.2 Å². The second kappa shape index (κ2) is 8.97. The monoisotopic (exact) mass is 409 g/mol. The molecule has 0 saturated carbocycles. The number of amides is 1. The molecule has 3 atom stereocenters. The minimum absolute atomic E-state index is 0.121. The number of likely N-dealkylation sites (tertiary alicyclic amines) is 1. The van der Waals surface area contributed by atoms with Crippen molar-refractivity contribution in [3.8, 4) is 5.75 Å². The van der Waals surface area contributed by atoms with Gasteiger partial charge in [0.1, 0.15) is 5.75 Å². The number of rotatable bonds is 6. The molecule has 3 unspecified atom stereocenters. The fourth-order valence-electron chi connectivity index (χ4n) is 3.32. The third-order valence-corrected chi connectivity index (χ3v) is 5.60. The van der Waals surface area contributed by atoms with Crippen LogP contribution in [0.15, 0.2) is 33.9 Å². The van der Waals surface area contributed by atoms with Gasteiger partial charge in [-0.2, -0.15) is 0 Å². The Hall–Kier alpha value is -1.73. The number of benzene rings is 1. The van der Waals surface area contributed by atoms with Gasteiger partial charge in [-0.25, -0.2) is 0 Å². The highest BCUT2D eigenvalue weighted by molar-refractivity contribution is 8.00. The number of thioether (sulfide) groups is 1. The van der Waals surface area contributed by atoms with E-state index in [2.05, 4.69) is 24.0 Å². The van der Waals surface area contributed by atoms with Crippen molar-refractivity contribution in [2.45, 2.75) is 44.3 Å². The molecule has 1 amide bonds. The first-order valence-corrected chi connectivity index (χ1v) is 10.3. The molecule has 1 aromatic heterocycles. The summed E-state index contributed by atoms with van der Waals surface area (Å²) < 4.78 is 11.2. The van der Waals surface area contributed by atoms with Gasteiger partial charge in [0.05, 0.1) is 5.25 Å². The molecular weight excluding hydrogens is 386 g/mol. The average Bonchev–Trinajstić information content (AvgIpc) is 3.07. The number of halogens is 1. The fourth-order valence-corrected chi connectivity index (χ4v) is 4.23. The quantitative estimate of drug-likeness (QED) is 0.663. The zero-order chi connectivity index (χ0) is 19.4. The maximum absolute atomic E-state index is 12.7. The minimum atomic E-state index is -0.270. The lowest BCUT2D eigenvalue weighted by atomic mass is 9.92. The van der Waals surface area contributed by atoms with E-state index in [0.29, 0.717) is 33.7 Å². The van der Waals surface area contributed by atoms with E-state index < -0.39 is 0 Å². The molecule has 8 heteroatoms. The molecule has 2 aromatic rings. The number of ether oxygens (including phenoxy) is 1. The van der Waals surface area contributed by atoms with Crippen LogP contribution >= 0.6 is 23.4 Å². The SMILES string of the molecule is CC1CC(C)CN(C(=O)C(C)Sc2nnc(COc3ccc(Cl)cc3)o2)C1. The Kier molecular flexibility index (Phi) is 6.65. The molecular formula is C19H24ClN3O3S. The number of aromatic nitrogens is 2. The summed E-state index contributed by atoms with van der Waals surface area (Å²) in [5.41, 5.74) is 0. The van der Waals surface area contributed by atoms with Crippen LogP contribution in [-0.2, 0) is 11.4 Å². The zero-order valence-corrected chi connectivity index (χ0v) is 17.3. The summed E-state index contributed by atoms with van der Waals surface area (Å²) >= 11 is 7.14. The van der Waals surface area contributed by atoms with Gasteiger partial charge in [0.25, 0.3) is 11.1 Å². The van der Waals surface area contributed by atoms with Gasteiger partial charge in [-0.1, -0.05) is 37.2 Å². The summed E-state index contributed by atoms with van der Waals surface area (Å²) in [6, 6.07) is 7.05. The molecule has 146 valence electrons. The van der Waals surface area contributed by atoms with Gasteiger partial charge in [0, 0.05) is 18.1 Å². The molecule has 1 aromatic carbocycles. The van der Waals surface area contributed by atoms with E-state index in [1.165, 1.54) is 18.2 Å². The third-order valence-electron chi connectivity index (χ3n) is 4.43. The number of nitrogens with zero attached hydrogens (tertiary/aromatic N) is 3. The van der Waals surface area contributed by atoms with Crippen LogP contribution in [0, 0.1) is 11.8 Å². The summed E-state index contributed by atoms with van der Waals surface area (Å²) in [5.74, 6) is 2.23. The maximum atomic E-state index is 12.7. The van der Waals surface area contributed by atoms with Gasteiger partial charge in [-0.05, 0) is 49.4 Å². The Balaban J connectivity index is 1.52. The summed E-state index contributed by atoms with van der Waals surface area (Å²) in [6.45, 7) is 8.07. The Morgan fingerprint density at radius 3 is 2.63 bits per heavy atom. The second-order valence-corrected chi connectivity index (χ2v) is 8.88. The van der Waals surface area contributed by atoms with E-state index in [1.54, 1.807) is 24.3 Å². The maximum Gasteiger partial charge on any atom is 0.277 e. The van der Waals surface area contributed by atoms with E-state index in [0.717, 1.165) is 13.1 Å². The van der Waals surface area contributed by atoms with Crippen LogP contribution < -0.4 is 4.74 Å². The topological polar surface area (TPSA) is 68.5 Å². The number of piperidine rings is 1. The molecule has 0 N–H and O–H groups in total. The molecule has 1 aliphatic heterocycles. The standard InChI is InChI=1S/C19H24ClN3O3S/c1-12-8-13(2)10-23(9-12)18(24)14(3)27-19-22-21-17(26-19)11-25-16-6-4-15(20)5-7-16/h4-7,12-14H,8-11H2,1-3H3. The first-order chi connectivity index (χ1) is 12.9. The molecule has 27 heavy (non-hydrogen) atoms. The number of hydrogen-bond acceptors (Lipinski definition) is 6. The minimum Gasteiger partial charge on any atom is -0.484 e. The zero-order valence-electron chi connectivity index (χ0n) is 15.7. The van der Waals surface area contributed by atoms with E-state index in [9.17, 15) is 4.79 Å². The van der Waals surface area contributed by atoms with Crippen molar-refractivity contribution in [1.29, 1.82) is 0 Å². The first-order valence-electron chi connectivity index (χ1n) is 9.07. The van der Waals surface area contributed by atoms with Crippen LogP contribution in [0.2, 0.25) is 5.02 Å². The Morgan fingerprint density at radius 1 is 1.30 bits per heavy atom. The second-order valence-electron chi connectivity index (χ2n) is 7.15. The molecule has 0 bridgehead atoms. The molecule has 0 aliphatic carbocycles. The number of carbonyl (C=O) groups excluding carboxylic acids is 1. The average molecular weight is 410 g/mol. The van der Waals surface area contributed by atoms with Gasteiger partial charge >= 0.3 is 0 Å². The number of carbonyl (C=O) groups is 1. The van der Waals surface area contributed by atoms with E-state index >= 15 is 0 Å². The van der Waals surface area contributed by atoms with E-state index in [1.807, 2.05) is 11.8 Å². The van der Waals surface area contributed by atoms with Crippen LogP contribution in [0.3, 0.4) is 0 Å². The van der Waals surface area contributed by atoms with Crippen LogP contribution in [0.4, 0.5) is 0 Å². The molecule has 0 radical (unpaired) electrons. The lowest BCUT2D eigenvalue weighted by molar-refractivity contribution is -0.132. The van der Waals surface area contributed by atoms with Crippen molar-refractivity contribution in [3.63, 3.8) is 0 Å². The number of hydrogen-bond donors (Lipinski definition) is 0. The predicted octanol–water partition coefficient (Wildman–Crippen LogP) is 4.29. The van der Waals surface area contributed by atoms with Crippen molar-refractivity contribution in [2.75, 3.05) is 13.1 Å². The van der Waals surface area contributed by atoms with Gasteiger partial charge < -0.3 is 14.1 Å². The summed E-state index contributed by atoms with van der Waals surface area (Å²) in [5, 5.41) is 8.75. The Bertz CT molecular complexity index is 758. The molecule has 0 spiro atoms. The van der Waals surface area contributed by atoms with Crippen molar-refractivity contribution in [2.24, 2.45) is 11.8 Å². The van der Waals surface area contributed by atoms with Gasteiger partial charge in [0.15, 0.2) is 6.61 Å². The van der Waals surface area contributed by atoms with Crippen molar-refractivity contribution >= 4 is 29.3 Å². The van der Waals surface area contributed by atoms with Crippen molar-refractivity contribution in [3.05, 3.63) is 35.2 Å². The van der Waals surface area contributed by atoms with Crippen LogP contribution in [-0.4, -0.2) is 39.3 Å². The van der Waals surface area contributed by atoms with Crippen molar-refractivity contribution in [1.82, 2.24) is 15.1 Å². The Labute approximate surface area is 168 Å². The summed E-state index contributed by atoms with van der Waals surface area (Å²) in [6.07, 6.45) is 1.17. The third kappa shape index (κ3) is 5.62. The van der Waals surface area contributed by atoms with Gasteiger partial charge in [0.2, 0.25) is 5.91 Å². The highest BCUT2D eigenvalue weighted by Gasteiger charge is 2.29. The summed E-state index contributed by atoms with van der Waals surface area (Å²) in [4.78, 5) is 14.7. The van der Waals surface area contributed by atoms with E-state index in [-0.39, 0.29) is 17.8 Å². The molecule has 1 saturated heterocycles. The molecule has 2 heterocycles. The van der Waals surface area contributed by atoms with Crippen molar-refractivity contribution < 1.29 is 13.9 Å². The fraction of sp³-hybridized carbons (Fsp3) is 0.526. The Morgan fingerprint density at radius 2 is 1.96 bits per heavy atom. The van der Waals surface area contributed by atoms with E-state index in [4.69, 9.17) is 20.8 Å². The summed E-state index contributed by atoms with van der Waals surface area (Å²) in [7, 11) is 0. The molecule has 1 aliphatic rings. The normalized spacial score (nSPS) is 21.1. The van der Waals surface area contributed by atoms with Crippen LogP contribution in [0.5, 0.6) is 5.75 Å². The lowest BCUT2D eigenvalue weighted by Crippen LogP contribution is -2.45. The van der Waals surface area contributed by atoms with Crippen LogP contribution in [0.25, 0.3) is 0 Å². The molecule has 6 nitrogen and oxygen atoms in total. The predicted molar refractivity (Wildman–Crippen MR) is 105 cm³/mol. The largest absolute Gasteiger partial charge is 0.484 e. The molecule has 3 rings (SSSR count). The lowest BCUT2D eigenvalue weighted by Gasteiger charge is -2.36.